The lowest BCUT2D eigenvalue weighted by molar-refractivity contribution is -0.140. The van der Waals surface area contributed by atoms with E-state index in [2.05, 4.69) is 10.6 Å². The molecule has 1 aliphatic heterocycles. The van der Waals surface area contributed by atoms with Crippen LogP contribution in [0.5, 0.6) is 0 Å². The minimum Gasteiger partial charge on any atom is -0.352 e. The number of nitrogens with zero attached hydrogens (tertiary/aromatic N) is 1. The van der Waals surface area contributed by atoms with E-state index in [1.165, 1.54) is 19.1 Å². The van der Waals surface area contributed by atoms with E-state index >= 15 is 0 Å². The standard InChI is InChI=1S/C16H18F3N3O3/c1-9(2)20-12(23)8-22-13(24)15(3,21-14(22)25)10-6-4-5-7-11(10)16(17,18)19/h4-7,9H,8H2,1-3H3,(H,20,23)(H,21,25)/t15-/m1/s1. The van der Waals surface area contributed by atoms with Gasteiger partial charge in [-0.1, -0.05) is 18.2 Å². The summed E-state index contributed by atoms with van der Waals surface area (Å²) in [4.78, 5) is 37.1. The zero-order valence-electron chi connectivity index (χ0n) is 13.9. The fourth-order valence-corrected chi connectivity index (χ4v) is 2.70. The third-order valence-corrected chi connectivity index (χ3v) is 3.80. The topological polar surface area (TPSA) is 78.5 Å². The number of benzene rings is 1. The van der Waals surface area contributed by atoms with Gasteiger partial charge >= 0.3 is 12.2 Å². The van der Waals surface area contributed by atoms with E-state index in [9.17, 15) is 27.6 Å². The minimum absolute atomic E-state index is 0.203. The fraction of sp³-hybridized carbons (Fsp3) is 0.438. The Morgan fingerprint density at radius 1 is 1.28 bits per heavy atom. The van der Waals surface area contributed by atoms with Gasteiger partial charge in [0.25, 0.3) is 5.91 Å². The van der Waals surface area contributed by atoms with E-state index in [1.54, 1.807) is 13.8 Å². The lowest BCUT2D eigenvalue weighted by Gasteiger charge is -2.25. The predicted molar refractivity (Wildman–Crippen MR) is 82.3 cm³/mol. The number of amides is 4. The van der Waals surface area contributed by atoms with Gasteiger partial charge in [-0.3, -0.25) is 14.5 Å². The first-order chi connectivity index (χ1) is 11.5. The van der Waals surface area contributed by atoms with E-state index in [1.807, 2.05) is 0 Å². The Morgan fingerprint density at radius 3 is 2.44 bits per heavy atom. The van der Waals surface area contributed by atoms with Crippen molar-refractivity contribution in [3.05, 3.63) is 35.4 Å². The SMILES string of the molecule is CC(C)NC(=O)CN1C(=O)N[C@](C)(c2ccccc2C(F)(F)F)C1=O. The Balaban J connectivity index is 2.37. The first-order valence-corrected chi connectivity index (χ1v) is 7.57. The number of halogens is 3. The molecule has 0 saturated carbocycles. The molecule has 1 heterocycles. The second-order valence-corrected chi connectivity index (χ2v) is 6.21. The molecule has 1 aromatic carbocycles. The first-order valence-electron chi connectivity index (χ1n) is 7.57. The number of alkyl halides is 3. The third kappa shape index (κ3) is 3.59. The van der Waals surface area contributed by atoms with Gasteiger partial charge in [0.1, 0.15) is 12.1 Å². The number of carbonyl (C=O) groups excluding carboxylic acids is 3. The van der Waals surface area contributed by atoms with Crippen LogP contribution < -0.4 is 10.6 Å². The Morgan fingerprint density at radius 2 is 1.88 bits per heavy atom. The van der Waals surface area contributed by atoms with Gasteiger partial charge in [-0.25, -0.2) is 4.79 Å². The highest BCUT2D eigenvalue weighted by atomic mass is 19.4. The lowest BCUT2D eigenvalue weighted by Crippen LogP contribution is -2.45. The van der Waals surface area contributed by atoms with Gasteiger partial charge in [0.05, 0.1) is 5.56 Å². The highest BCUT2D eigenvalue weighted by molar-refractivity contribution is 6.09. The Kier molecular flexibility index (Phi) is 4.79. The number of rotatable bonds is 4. The van der Waals surface area contributed by atoms with Crippen LogP contribution in [0.4, 0.5) is 18.0 Å². The molecule has 4 amide bonds. The van der Waals surface area contributed by atoms with Crippen LogP contribution in [0, 0.1) is 0 Å². The molecule has 1 atom stereocenters. The molecule has 1 saturated heterocycles. The van der Waals surface area contributed by atoms with Crippen LogP contribution in [0.1, 0.15) is 31.9 Å². The highest BCUT2D eigenvalue weighted by Gasteiger charge is 2.52. The summed E-state index contributed by atoms with van der Waals surface area (Å²) < 4.78 is 39.7. The van der Waals surface area contributed by atoms with Crippen molar-refractivity contribution in [1.82, 2.24) is 15.5 Å². The summed E-state index contributed by atoms with van der Waals surface area (Å²) in [6.45, 7) is 4.03. The van der Waals surface area contributed by atoms with Gasteiger partial charge in [-0.2, -0.15) is 13.2 Å². The molecule has 1 fully saturated rings. The van der Waals surface area contributed by atoms with Crippen molar-refractivity contribution in [3.8, 4) is 0 Å². The molecular weight excluding hydrogens is 339 g/mol. The van der Waals surface area contributed by atoms with Crippen LogP contribution in [-0.2, 0) is 21.3 Å². The van der Waals surface area contributed by atoms with Gasteiger partial charge in [-0.05, 0) is 32.4 Å². The van der Waals surface area contributed by atoms with E-state index < -0.39 is 41.7 Å². The number of carbonyl (C=O) groups is 3. The molecule has 1 aliphatic rings. The molecule has 0 unspecified atom stereocenters. The average molecular weight is 357 g/mol. The van der Waals surface area contributed by atoms with Crippen molar-refractivity contribution < 1.29 is 27.6 Å². The van der Waals surface area contributed by atoms with E-state index in [-0.39, 0.29) is 11.6 Å². The summed E-state index contributed by atoms with van der Waals surface area (Å²) in [6.07, 6.45) is -4.69. The number of imide groups is 1. The van der Waals surface area contributed by atoms with Crippen LogP contribution in [0.3, 0.4) is 0 Å². The van der Waals surface area contributed by atoms with Crippen LogP contribution in [0.2, 0.25) is 0 Å². The van der Waals surface area contributed by atoms with Crippen LogP contribution in [0.25, 0.3) is 0 Å². The molecule has 9 heteroatoms. The molecular formula is C16H18F3N3O3. The van der Waals surface area contributed by atoms with Gasteiger partial charge in [0.2, 0.25) is 5.91 Å². The summed E-state index contributed by atoms with van der Waals surface area (Å²) in [6, 6.07) is 3.41. The summed E-state index contributed by atoms with van der Waals surface area (Å²) in [7, 11) is 0. The van der Waals surface area contributed by atoms with Crippen molar-refractivity contribution in [2.75, 3.05) is 6.54 Å². The maximum absolute atomic E-state index is 13.2. The Labute approximate surface area is 142 Å². The number of urea groups is 1. The highest BCUT2D eigenvalue weighted by Crippen LogP contribution is 2.39. The molecule has 0 bridgehead atoms. The molecule has 25 heavy (non-hydrogen) atoms. The zero-order chi connectivity index (χ0) is 19.0. The second-order valence-electron chi connectivity index (χ2n) is 6.21. The molecule has 2 rings (SSSR count). The third-order valence-electron chi connectivity index (χ3n) is 3.80. The van der Waals surface area contributed by atoms with Crippen molar-refractivity contribution in [3.63, 3.8) is 0 Å². The first kappa shape index (κ1) is 18.8. The van der Waals surface area contributed by atoms with Gasteiger partial charge in [0.15, 0.2) is 0 Å². The van der Waals surface area contributed by atoms with Gasteiger partial charge in [0, 0.05) is 6.04 Å². The molecule has 0 aliphatic carbocycles. The molecule has 0 aromatic heterocycles. The quantitative estimate of drug-likeness (QED) is 0.809. The van der Waals surface area contributed by atoms with Crippen LogP contribution in [0.15, 0.2) is 24.3 Å². The zero-order valence-corrected chi connectivity index (χ0v) is 13.9. The largest absolute Gasteiger partial charge is 0.416 e. The van der Waals surface area contributed by atoms with Gasteiger partial charge in [-0.15, -0.1) is 0 Å². The van der Waals surface area contributed by atoms with Crippen molar-refractivity contribution in [1.29, 1.82) is 0 Å². The maximum Gasteiger partial charge on any atom is 0.416 e. The average Bonchev–Trinajstić information content (AvgIpc) is 2.70. The lowest BCUT2D eigenvalue weighted by atomic mass is 9.87. The van der Waals surface area contributed by atoms with Crippen molar-refractivity contribution >= 4 is 17.8 Å². The summed E-state index contributed by atoms with van der Waals surface area (Å²) in [5.41, 5.74) is -3.28. The number of hydrogen-bond donors (Lipinski definition) is 2. The molecule has 136 valence electrons. The normalized spacial score (nSPS) is 20.8. The smallest absolute Gasteiger partial charge is 0.352 e. The predicted octanol–water partition coefficient (Wildman–Crippen LogP) is 2.00. The number of hydrogen-bond acceptors (Lipinski definition) is 3. The second kappa shape index (κ2) is 6.38. The monoisotopic (exact) mass is 357 g/mol. The maximum atomic E-state index is 13.2. The van der Waals surface area contributed by atoms with E-state index in [0.29, 0.717) is 4.90 Å². The molecule has 1 aromatic rings. The van der Waals surface area contributed by atoms with Crippen molar-refractivity contribution in [2.45, 2.75) is 38.5 Å². The van der Waals surface area contributed by atoms with Gasteiger partial charge < -0.3 is 10.6 Å². The molecule has 0 radical (unpaired) electrons. The molecule has 6 nitrogen and oxygen atoms in total. The number of nitrogens with one attached hydrogen (secondary N) is 2. The molecule has 2 N–H and O–H groups in total. The fourth-order valence-electron chi connectivity index (χ4n) is 2.70. The van der Waals surface area contributed by atoms with E-state index in [0.717, 1.165) is 12.1 Å². The Hall–Kier alpha value is -2.58. The Bertz CT molecular complexity index is 718. The van der Waals surface area contributed by atoms with Crippen LogP contribution in [-0.4, -0.2) is 35.3 Å². The summed E-state index contributed by atoms with van der Waals surface area (Å²) in [5.74, 6) is -1.49. The summed E-state index contributed by atoms with van der Waals surface area (Å²) >= 11 is 0. The van der Waals surface area contributed by atoms with Crippen molar-refractivity contribution in [2.24, 2.45) is 0 Å². The summed E-state index contributed by atoms with van der Waals surface area (Å²) in [5, 5.41) is 4.80. The van der Waals surface area contributed by atoms with Crippen LogP contribution >= 0.6 is 0 Å². The minimum atomic E-state index is -4.69. The van der Waals surface area contributed by atoms with E-state index in [4.69, 9.17) is 0 Å². The molecule has 0 spiro atoms.